The lowest BCUT2D eigenvalue weighted by atomic mass is 10.1. The summed E-state index contributed by atoms with van der Waals surface area (Å²) in [4.78, 5) is 16.0. The molecular weight excluding hydrogens is 268 g/mol. The molecule has 1 heterocycles. The highest BCUT2D eigenvalue weighted by Gasteiger charge is 2.11. The molecule has 2 N–H and O–H groups in total. The SMILES string of the molecule is CC(=NO)c1ccccc1NC(=O)c1ccc(C#N)cn1. The highest BCUT2D eigenvalue weighted by molar-refractivity contribution is 6.09. The molecule has 6 heteroatoms. The van der Waals surface area contributed by atoms with Crippen molar-refractivity contribution in [1.82, 2.24) is 4.98 Å². The molecule has 1 amide bonds. The fraction of sp³-hybridized carbons (Fsp3) is 0.0667. The molecule has 0 bridgehead atoms. The molecule has 0 aliphatic heterocycles. The van der Waals surface area contributed by atoms with Gasteiger partial charge < -0.3 is 10.5 Å². The molecule has 0 saturated carbocycles. The minimum Gasteiger partial charge on any atom is -0.411 e. The Morgan fingerprint density at radius 1 is 1.33 bits per heavy atom. The van der Waals surface area contributed by atoms with E-state index < -0.39 is 5.91 Å². The van der Waals surface area contributed by atoms with Crippen molar-refractivity contribution in [3.63, 3.8) is 0 Å². The highest BCUT2D eigenvalue weighted by Crippen LogP contribution is 2.17. The van der Waals surface area contributed by atoms with Crippen molar-refractivity contribution in [3.05, 3.63) is 59.4 Å². The summed E-state index contributed by atoms with van der Waals surface area (Å²) in [5, 5.41) is 23.4. The fourth-order valence-corrected chi connectivity index (χ4v) is 1.74. The van der Waals surface area contributed by atoms with Crippen molar-refractivity contribution >= 4 is 17.3 Å². The zero-order valence-electron chi connectivity index (χ0n) is 11.2. The molecule has 2 rings (SSSR count). The fourth-order valence-electron chi connectivity index (χ4n) is 1.74. The summed E-state index contributed by atoms with van der Waals surface area (Å²) in [6.45, 7) is 1.63. The molecule has 1 aromatic heterocycles. The number of rotatable bonds is 3. The summed E-state index contributed by atoms with van der Waals surface area (Å²) < 4.78 is 0. The van der Waals surface area contributed by atoms with Crippen LogP contribution in [0, 0.1) is 11.3 Å². The number of hydrogen-bond acceptors (Lipinski definition) is 5. The maximum atomic E-state index is 12.1. The number of carbonyl (C=O) groups excluding carboxylic acids is 1. The average molecular weight is 280 g/mol. The zero-order chi connectivity index (χ0) is 15.2. The second-order valence-corrected chi connectivity index (χ2v) is 4.23. The molecule has 104 valence electrons. The van der Waals surface area contributed by atoms with Crippen LogP contribution in [-0.2, 0) is 0 Å². The van der Waals surface area contributed by atoms with Crippen LogP contribution in [0.3, 0.4) is 0 Å². The van der Waals surface area contributed by atoms with Crippen LogP contribution in [0.2, 0.25) is 0 Å². The van der Waals surface area contributed by atoms with Crippen LogP contribution in [0.5, 0.6) is 0 Å². The van der Waals surface area contributed by atoms with Crippen molar-refractivity contribution in [2.45, 2.75) is 6.92 Å². The molecule has 21 heavy (non-hydrogen) atoms. The monoisotopic (exact) mass is 280 g/mol. The first-order valence-electron chi connectivity index (χ1n) is 6.11. The van der Waals surface area contributed by atoms with Crippen LogP contribution < -0.4 is 5.32 Å². The van der Waals surface area contributed by atoms with E-state index in [0.717, 1.165) is 0 Å². The third kappa shape index (κ3) is 3.22. The summed E-state index contributed by atoms with van der Waals surface area (Å²) in [6, 6.07) is 11.9. The lowest BCUT2D eigenvalue weighted by molar-refractivity contribution is 0.102. The largest absolute Gasteiger partial charge is 0.411 e. The first-order chi connectivity index (χ1) is 10.2. The van der Waals surface area contributed by atoms with Gasteiger partial charge in [0.15, 0.2) is 0 Å². The Morgan fingerprint density at radius 2 is 2.10 bits per heavy atom. The van der Waals surface area contributed by atoms with Gasteiger partial charge in [-0.1, -0.05) is 23.4 Å². The van der Waals surface area contributed by atoms with Gasteiger partial charge in [0.1, 0.15) is 11.8 Å². The first kappa shape index (κ1) is 14.2. The molecular formula is C15H12N4O2. The molecule has 0 aliphatic carbocycles. The number of para-hydroxylation sites is 1. The Labute approximate surface area is 121 Å². The van der Waals surface area contributed by atoms with Gasteiger partial charge >= 0.3 is 0 Å². The quantitative estimate of drug-likeness (QED) is 0.512. The second kappa shape index (κ2) is 6.30. The predicted molar refractivity (Wildman–Crippen MR) is 77.3 cm³/mol. The van der Waals surface area contributed by atoms with Gasteiger partial charge in [0, 0.05) is 11.8 Å². The molecule has 0 saturated heterocycles. The van der Waals surface area contributed by atoms with E-state index >= 15 is 0 Å². The van der Waals surface area contributed by atoms with E-state index in [0.29, 0.717) is 22.5 Å². The molecule has 0 unspecified atom stereocenters. The van der Waals surface area contributed by atoms with E-state index in [1.807, 2.05) is 6.07 Å². The van der Waals surface area contributed by atoms with Crippen molar-refractivity contribution in [2.75, 3.05) is 5.32 Å². The third-order valence-electron chi connectivity index (χ3n) is 2.84. The number of benzene rings is 1. The van der Waals surface area contributed by atoms with E-state index in [4.69, 9.17) is 10.5 Å². The number of carbonyl (C=O) groups is 1. The highest BCUT2D eigenvalue weighted by atomic mass is 16.4. The van der Waals surface area contributed by atoms with Crippen molar-refractivity contribution in [3.8, 4) is 6.07 Å². The number of hydrogen-bond donors (Lipinski definition) is 2. The predicted octanol–water partition coefficient (Wildman–Crippen LogP) is 2.40. The molecule has 0 fully saturated rings. The van der Waals surface area contributed by atoms with Crippen molar-refractivity contribution in [1.29, 1.82) is 5.26 Å². The van der Waals surface area contributed by atoms with Crippen LogP contribution in [0.15, 0.2) is 47.8 Å². The van der Waals surface area contributed by atoms with Gasteiger partial charge in [-0.2, -0.15) is 5.26 Å². The molecule has 0 spiro atoms. The standard InChI is InChI=1S/C15H12N4O2/c1-10(19-21)12-4-2-3-5-13(12)18-15(20)14-7-6-11(8-16)9-17-14/h2-7,9,21H,1H3,(H,18,20). The van der Waals surface area contributed by atoms with Gasteiger partial charge in [0.2, 0.25) is 0 Å². The molecule has 1 aromatic carbocycles. The summed E-state index contributed by atoms with van der Waals surface area (Å²) >= 11 is 0. The van der Waals surface area contributed by atoms with Gasteiger partial charge in [-0.15, -0.1) is 0 Å². The average Bonchev–Trinajstić information content (AvgIpc) is 2.54. The minimum absolute atomic E-state index is 0.197. The van der Waals surface area contributed by atoms with Gasteiger partial charge in [0.05, 0.1) is 17.0 Å². The maximum Gasteiger partial charge on any atom is 0.274 e. The molecule has 0 aliphatic rings. The van der Waals surface area contributed by atoms with Crippen LogP contribution in [0.1, 0.15) is 28.5 Å². The van der Waals surface area contributed by atoms with E-state index in [1.54, 1.807) is 31.2 Å². The Morgan fingerprint density at radius 3 is 2.71 bits per heavy atom. The summed E-state index contributed by atoms with van der Waals surface area (Å²) in [5.41, 5.74) is 2.10. The smallest absolute Gasteiger partial charge is 0.274 e. The van der Waals surface area contributed by atoms with Crippen LogP contribution in [0.4, 0.5) is 5.69 Å². The summed E-state index contributed by atoms with van der Waals surface area (Å²) in [6.07, 6.45) is 1.33. The summed E-state index contributed by atoms with van der Waals surface area (Å²) in [7, 11) is 0. The van der Waals surface area contributed by atoms with Crippen LogP contribution >= 0.6 is 0 Å². The van der Waals surface area contributed by atoms with Crippen LogP contribution in [0.25, 0.3) is 0 Å². The van der Waals surface area contributed by atoms with Gasteiger partial charge in [-0.25, -0.2) is 4.98 Å². The Bertz CT molecular complexity index is 730. The van der Waals surface area contributed by atoms with Crippen LogP contribution in [-0.4, -0.2) is 21.8 Å². The normalized spacial score (nSPS) is 10.8. The number of amides is 1. The lowest BCUT2D eigenvalue weighted by Crippen LogP contribution is -2.15. The van der Waals surface area contributed by atoms with Gasteiger partial charge in [-0.3, -0.25) is 4.79 Å². The molecule has 0 radical (unpaired) electrons. The number of aromatic nitrogens is 1. The van der Waals surface area contributed by atoms with Gasteiger partial charge in [0.25, 0.3) is 5.91 Å². The van der Waals surface area contributed by atoms with Crippen molar-refractivity contribution < 1.29 is 10.0 Å². The lowest BCUT2D eigenvalue weighted by Gasteiger charge is -2.09. The number of anilines is 1. The Kier molecular flexibility index (Phi) is 4.26. The maximum absolute atomic E-state index is 12.1. The second-order valence-electron chi connectivity index (χ2n) is 4.23. The number of nitrogens with one attached hydrogen (secondary N) is 1. The van der Waals surface area contributed by atoms with E-state index in [-0.39, 0.29) is 5.69 Å². The number of nitriles is 1. The topological polar surface area (TPSA) is 98.4 Å². The van der Waals surface area contributed by atoms with E-state index in [1.165, 1.54) is 18.3 Å². The third-order valence-corrected chi connectivity index (χ3v) is 2.84. The van der Waals surface area contributed by atoms with E-state index in [9.17, 15) is 4.79 Å². The zero-order valence-corrected chi connectivity index (χ0v) is 11.2. The number of oxime groups is 1. The summed E-state index contributed by atoms with van der Waals surface area (Å²) in [5.74, 6) is -0.405. The number of nitrogens with zero attached hydrogens (tertiary/aromatic N) is 3. The van der Waals surface area contributed by atoms with E-state index in [2.05, 4.69) is 15.5 Å². The molecule has 0 atom stereocenters. The number of pyridine rings is 1. The van der Waals surface area contributed by atoms with Gasteiger partial charge in [-0.05, 0) is 25.1 Å². The first-order valence-corrected chi connectivity index (χ1v) is 6.11. The minimum atomic E-state index is -0.405. The Balaban J connectivity index is 2.25. The molecule has 2 aromatic rings. The molecule has 6 nitrogen and oxygen atoms in total. The van der Waals surface area contributed by atoms with Crippen molar-refractivity contribution in [2.24, 2.45) is 5.16 Å². The Hall–Kier alpha value is -3.20.